The van der Waals surface area contributed by atoms with Gasteiger partial charge >= 0.3 is 0 Å². The van der Waals surface area contributed by atoms with E-state index in [2.05, 4.69) is 17.0 Å². The number of hydrogen-bond donors (Lipinski definition) is 3. The van der Waals surface area contributed by atoms with Crippen molar-refractivity contribution < 1.29 is 24.4 Å². The third kappa shape index (κ3) is 2.03. The van der Waals surface area contributed by atoms with Crippen molar-refractivity contribution >= 4 is 17.1 Å². The van der Waals surface area contributed by atoms with E-state index in [1.54, 1.807) is 0 Å². The molecule has 4 nitrogen and oxygen atoms in total. The van der Waals surface area contributed by atoms with Crippen LogP contribution in [-0.2, 0) is 4.74 Å². The molecule has 0 spiro atoms. The van der Waals surface area contributed by atoms with Crippen LogP contribution in [-0.4, -0.2) is 51.0 Å². The molecule has 0 aromatic heterocycles. The maximum atomic E-state index is 13.1. The number of rotatable bonds is 2. The molecule has 0 radical (unpaired) electrons. The molecule has 6 heteroatoms. The number of ether oxygens (including phenoxy) is 1. The number of aliphatic hydroxyl groups excluding tert-OH is 3. The fraction of sp³-hybridized carbons (Fsp3) is 0.857. The van der Waals surface area contributed by atoms with Crippen LogP contribution in [0.4, 0.5) is 4.39 Å². The second-order valence-corrected chi connectivity index (χ2v) is 3.43. The first-order valence-corrected chi connectivity index (χ1v) is 4.23. The predicted octanol–water partition coefficient (Wildman–Crippen LogP) is -0.847. The summed E-state index contributed by atoms with van der Waals surface area (Å²) in [7, 11) is 0. The maximum Gasteiger partial charge on any atom is 0.184 e. The van der Waals surface area contributed by atoms with Crippen LogP contribution in [0.25, 0.3) is 0 Å². The Labute approximate surface area is 79.9 Å². The first kappa shape index (κ1) is 10.9. The summed E-state index contributed by atoms with van der Waals surface area (Å²) in [5.74, 6) is 0. The second-order valence-electron chi connectivity index (χ2n) is 2.96. The van der Waals surface area contributed by atoms with Crippen LogP contribution in [0.2, 0.25) is 0 Å². The van der Waals surface area contributed by atoms with E-state index in [-0.39, 0.29) is 4.86 Å². The lowest BCUT2D eigenvalue weighted by Crippen LogP contribution is -2.36. The van der Waals surface area contributed by atoms with Crippen LogP contribution >= 0.6 is 12.2 Å². The lowest BCUT2D eigenvalue weighted by Gasteiger charge is -2.15. The SMILES string of the molecule is CC(O)C(=S)[C@H]1O[C@H](O)[C@H](O)[C@H]1F. The fourth-order valence-electron chi connectivity index (χ4n) is 1.10. The van der Waals surface area contributed by atoms with Crippen LogP contribution in [0.15, 0.2) is 0 Å². The highest BCUT2D eigenvalue weighted by atomic mass is 32.1. The molecule has 1 heterocycles. The molecule has 0 saturated carbocycles. The van der Waals surface area contributed by atoms with Crippen LogP contribution in [0, 0.1) is 0 Å². The van der Waals surface area contributed by atoms with Crippen LogP contribution in [0.5, 0.6) is 0 Å². The summed E-state index contributed by atoms with van der Waals surface area (Å²) in [6, 6.07) is 0. The van der Waals surface area contributed by atoms with Crippen molar-refractivity contribution in [2.24, 2.45) is 0 Å². The Kier molecular flexibility index (Phi) is 3.31. The predicted molar refractivity (Wildman–Crippen MR) is 46.1 cm³/mol. The summed E-state index contributed by atoms with van der Waals surface area (Å²) in [5, 5.41) is 26.9. The highest BCUT2D eigenvalue weighted by molar-refractivity contribution is 7.80. The first-order valence-electron chi connectivity index (χ1n) is 3.82. The lowest BCUT2D eigenvalue weighted by atomic mass is 10.1. The van der Waals surface area contributed by atoms with Gasteiger partial charge in [0.2, 0.25) is 0 Å². The summed E-state index contributed by atoms with van der Waals surface area (Å²) < 4.78 is 17.7. The molecular weight excluding hydrogens is 199 g/mol. The molecule has 1 rings (SSSR count). The molecule has 0 aliphatic carbocycles. The Morgan fingerprint density at radius 1 is 1.54 bits per heavy atom. The molecule has 1 fully saturated rings. The van der Waals surface area contributed by atoms with E-state index in [9.17, 15) is 4.39 Å². The van der Waals surface area contributed by atoms with Gasteiger partial charge in [-0.2, -0.15) is 0 Å². The van der Waals surface area contributed by atoms with E-state index in [1.165, 1.54) is 6.92 Å². The summed E-state index contributed by atoms with van der Waals surface area (Å²) in [6.07, 6.45) is -7.16. The Morgan fingerprint density at radius 2 is 2.08 bits per heavy atom. The van der Waals surface area contributed by atoms with Gasteiger partial charge in [0.1, 0.15) is 12.2 Å². The maximum absolute atomic E-state index is 13.1. The van der Waals surface area contributed by atoms with Crippen LogP contribution < -0.4 is 0 Å². The highest BCUT2D eigenvalue weighted by Crippen LogP contribution is 2.24. The number of aliphatic hydroxyl groups is 3. The van der Waals surface area contributed by atoms with Gasteiger partial charge in [-0.25, -0.2) is 4.39 Å². The van der Waals surface area contributed by atoms with E-state index in [4.69, 9.17) is 15.3 Å². The summed E-state index contributed by atoms with van der Waals surface area (Å²) in [5.41, 5.74) is 0. The summed E-state index contributed by atoms with van der Waals surface area (Å²) in [6.45, 7) is 1.37. The molecule has 13 heavy (non-hydrogen) atoms. The molecule has 5 atom stereocenters. The average Bonchev–Trinajstić information content (AvgIpc) is 2.31. The van der Waals surface area contributed by atoms with Gasteiger partial charge in [0.15, 0.2) is 12.5 Å². The van der Waals surface area contributed by atoms with Gasteiger partial charge in [0, 0.05) is 0 Å². The number of thiocarbonyl (C=S) groups is 1. The quantitative estimate of drug-likeness (QED) is 0.518. The van der Waals surface area contributed by atoms with Gasteiger partial charge < -0.3 is 20.1 Å². The smallest absolute Gasteiger partial charge is 0.184 e. The number of alkyl halides is 1. The summed E-state index contributed by atoms with van der Waals surface area (Å²) >= 11 is 4.68. The van der Waals surface area contributed by atoms with Crippen molar-refractivity contribution in [2.75, 3.05) is 0 Å². The minimum absolute atomic E-state index is 0.0527. The molecular formula is C7H11FO4S. The average molecular weight is 210 g/mol. The van der Waals surface area contributed by atoms with Gasteiger partial charge in [-0.05, 0) is 6.92 Å². The minimum atomic E-state index is -1.78. The van der Waals surface area contributed by atoms with Gasteiger partial charge in [-0.15, -0.1) is 0 Å². The molecule has 0 amide bonds. The second kappa shape index (κ2) is 3.93. The monoisotopic (exact) mass is 210 g/mol. The standard InChI is InChI=1S/C7H11FO4S/c1-2(9)6(13)5-3(8)4(10)7(11)12-5/h2-5,7,9-11H,1H3/t2?,3-,4-,5+,7+/m1/s1. The zero-order valence-corrected chi connectivity index (χ0v) is 7.74. The van der Waals surface area contributed by atoms with Gasteiger partial charge in [0.05, 0.1) is 11.0 Å². The molecule has 0 bridgehead atoms. The molecule has 1 saturated heterocycles. The molecule has 76 valence electrons. The van der Waals surface area contributed by atoms with E-state index in [0.717, 1.165) is 0 Å². The van der Waals surface area contributed by atoms with Gasteiger partial charge in [-0.3, -0.25) is 0 Å². The first-order chi connectivity index (χ1) is 5.95. The zero-order valence-electron chi connectivity index (χ0n) is 6.92. The van der Waals surface area contributed by atoms with E-state index in [1.807, 2.05) is 0 Å². The van der Waals surface area contributed by atoms with E-state index < -0.39 is 30.8 Å². The number of halogens is 1. The normalized spacial score (nSPS) is 41.9. The lowest BCUT2D eigenvalue weighted by molar-refractivity contribution is -0.117. The van der Waals surface area contributed by atoms with E-state index in [0.29, 0.717) is 0 Å². The Bertz CT molecular complexity index is 211. The van der Waals surface area contributed by atoms with Crippen molar-refractivity contribution in [3.8, 4) is 0 Å². The minimum Gasteiger partial charge on any atom is -0.388 e. The van der Waals surface area contributed by atoms with Gasteiger partial charge in [-0.1, -0.05) is 12.2 Å². The Hall–Kier alpha value is -0.140. The molecule has 1 aliphatic rings. The van der Waals surface area contributed by atoms with Crippen LogP contribution in [0.1, 0.15) is 6.92 Å². The molecule has 3 N–H and O–H groups in total. The van der Waals surface area contributed by atoms with E-state index >= 15 is 0 Å². The Morgan fingerprint density at radius 3 is 2.38 bits per heavy atom. The van der Waals surface area contributed by atoms with Crippen molar-refractivity contribution in [3.05, 3.63) is 0 Å². The zero-order chi connectivity index (χ0) is 10.2. The molecule has 1 aliphatic heterocycles. The largest absolute Gasteiger partial charge is 0.388 e. The third-order valence-corrected chi connectivity index (χ3v) is 2.46. The summed E-state index contributed by atoms with van der Waals surface area (Å²) in [4.78, 5) is -0.0527. The van der Waals surface area contributed by atoms with Crippen LogP contribution in [0.3, 0.4) is 0 Å². The van der Waals surface area contributed by atoms with Crippen molar-refractivity contribution in [2.45, 2.75) is 37.7 Å². The van der Waals surface area contributed by atoms with Gasteiger partial charge in [0.25, 0.3) is 0 Å². The van der Waals surface area contributed by atoms with Crippen molar-refractivity contribution in [1.82, 2.24) is 0 Å². The highest BCUT2D eigenvalue weighted by Gasteiger charge is 2.45. The Balaban J connectivity index is 2.68. The topological polar surface area (TPSA) is 69.9 Å². The fourth-order valence-corrected chi connectivity index (χ4v) is 1.29. The van der Waals surface area contributed by atoms with Crippen molar-refractivity contribution in [3.63, 3.8) is 0 Å². The molecule has 1 unspecified atom stereocenters. The molecule has 0 aromatic rings. The third-order valence-electron chi connectivity index (χ3n) is 1.89. The molecule has 0 aromatic carbocycles. The van der Waals surface area contributed by atoms with Crippen molar-refractivity contribution in [1.29, 1.82) is 0 Å². The number of hydrogen-bond acceptors (Lipinski definition) is 5.